The first-order valence-corrected chi connectivity index (χ1v) is 19.9. The third-order valence-electron chi connectivity index (χ3n) is 18.1. The number of fused-ring (bicyclic) bond motifs is 8. The molecule has 18 atom stereocenters. The predicted octanol–water partition coefficient (Wildman–Crippen LogP) is 3.18. The van der Waals surface area contributed by atoms with Crippen LogP contribution < -0.4 is 0 Å². The number of carbonyl (C=O) groups is 2. The molecule has 0 aromatic carbocycles. The summed E-state index contributed by atoms with van der Waals surface area (Å²) in [5.74, 6) is 0.390. The summed E-state index contributed by atoms with van der Waals surface area (Å²) in [4.78, 5) is 24.1. The molecular weight excluding hydrogens is 675 g/mol. The Morgan fingerprint density at radius 3 is 1.65 bits per heavy atom. The number of cyclic esters (lactones) is 2. The number of rotatable bonds is 2. The molecule has 14 aliphatic rings. The van der Waals surface area contributed by atoms with Gasteiger partial charge in [-0.1, -0.05) is 41.5 Å². The summed E-state index contributed by atoms with van der Waals surface area (Å²) in [5.41, 5.74) is -0.262. The monoisotopic (exact) mass is 722 g/mol. The molecule has 0 radical (unpaired) electrons. The van der Waals surface area contributed by atoms with Crippen LogP contribution >= 0.6 is 0 Å². The molecule has 14 rings (SSSR count). The summed E-state index contributed by atoms with van der Waals surface area (Å²) in [6, 6.07) is 0. The van der Waals surface area contributed by atoms with Gasteiger partial charge in [-0.25, -0.2) is 14.0 Å². The Morgan fingerprint density at radius 2 is 1.12 bits per heavy atom. The number of alkyl halides is 1. The number of halogens is 1. The van der Waals surface area contributed by atoms with Crippen LogP contribution in [0.2, 0.25) is 0 Å². The predicted molar refractivity (Wildman–Crippen MR) is 173 cm³/mol. The minimum absolute atomic E-state index is 0.00808. The lowest BCUT2D eigenvalue weighted by Crippen LogP contribution is -2.69. The van der Waals surface area contributed by atoms with Crippen molar-refractivity contribution in [2.24, 2.45) is 34.5 Å². The van der Waals surface area contributed by atoms with E-state index in [1.54, 1.807) is 0 Å². The van der Waals surface area contributed by atoms with Gasteiger partial charge < -0.3 is 43.0 Å². The fourth-order valence-corrected chi connectivity index (χ4v) is 15.3. The summed E-state index contributed by atoms with van der Waals surface area (Å²) in [6.07, 6.45) is 2.41. The smallest absolute Gasteiger partial charge is 0.334 e. The van der Waals surface area contributed by atoms with Gasteiger partial charge in [0.15, 0.2) is 17.4 Å². The molecule has 8 aliphatic heterocycles. The van der Waals surface area contributed by atoms with Gasteiger partial charge in [-0.05, 0) is 73.3 Å². The summed E-state index contributed by atoms with van der Waals surface area (Å²) in [5, 5.41) is 11.4. The van der Waals surface area contributed by atoms with Crippen LogP contribution in [0, 0.1) is 34.5 Å². The fraction of sp³-hybridized carbons (Fsp3) is 0.850. The average Bonchev–Trinajstić information content (AvgIpc) is 3.90. The van der Waals surface area contributed by atoms with Crippen molar-refractivity contribution in [2.45, 2.75) is 163 Å². The van der Waals surface area contributed by atoms with Crippen LogP contribution in [0.1, 0.15) is 80.1 Å². The largest absolute Gasteiger partial charge is 0.458 e. The Bertz CT molecular complexity index is 1780. The van der Waals surface area contributed by atoms with E-state index in [1.807, 2.05) is 13.8 Å². The SMILES string of the molecule is CC(C)[C@]12O[C@H]1[C@@H]1O[C@]13[C@]1(O[C@H]1C[C@H]1C4=C(CC[C@@]13C)C(=O)OC4)[C@@H]2O.CC(C)[C@]12O[C@H]1[C@@H]1O[C@]13[C@]1(O[C@H]1C[C@H]1C4=C(CC[C@@]13C)C(=O)OC4)[C@H]2F. The molecule has 0 aromatic rings. The molecule has 1 N–H and O–H groups in total. The molecule has 6 saturated heterocycles. The quantitative estimate of drug-likeness (QED) is 0.331. The van der Waals surface area contributed by atoms with E-state index in [9.17, 15) is 14.7 Å². The van der Waals surface area contributed by atoms with E-state index >= 15 is 4.39 Å². The molecule has 52 heavy (non-hydrogen) atoms. The molecule has 4 saturated carbocycles. The number of esters is 2. The number of epoxide rings is 6. The molecule has 12 heteroatoms. The van der Waals surface area contributed by atoms with Gasteiger partial charge in [0, 0.05) is 22.0 Å². The third kappa shape index (κ3) is 2.71. The van der Waals surface area contributed by atoms with Crippen LogP contribution in [0.4, 0.5) is 4.39 Å². The first-order valence-electron chi connectivity index (χ1n) is 19.9. The van der Waals surface area contributed by atoms with Crippen molar-refractivity contribution in [3.63, 3.8) is 0 Å². The zero-order valence-electron chi connectivity index (χ0n) is 30.5. The Balaban J connectivity index is 0.000000113. The van der Waals surface area contributed by atoms with Crippen molar-refractivity contribution in [1.82, 2.24) is 0 Å². The fourth-order valence-electron chi connectivity index (χ4n) is 15.3. The Hall–Kier alpha value is -1.93. The zero-order chi connectivity index (χ0) is 35.7. The van der Waals surface area contributed by atoms with Gasteiger partial charge in [0.25, 0.3) is 0 Å². The standard InChI is InChI=1S/C20H23FO5.C20H24O6/c1-8(2)18-13(25-18)14-20(26-14)17(3)5-4-9-10(7-23-15(9)22)11(17)6-12-19(20,24-12)16(18)21;1-8(2)18-13(25-18)14-20(26-14)17(3)5-4-9-10(7-23-15(9)21)11(17)6-12-19(20,24-12)16(18)22/h8,11-14,16H,4-7H2,1-3H3;8,11-14,16,22H,4-7H2,1-3H3/t11-,12-,13-,14-,16-,17-,18-,19+,20+;11-,12-,13-,14-,16+,17-,18-,19+,20+/m00/s1. The number of aliphatic hydroxyl groups is 1. The number of ether oxygens (including phenoxy) is 8. The third-order valence-corrected chi connectivity index (χ3v) is 18.1. The zero-order valence-corrected chi connectivity index (χ0v) is 30.5. The molecule has 280 valence electrons. The van der Waals surface area contributed by atoms with Crippen LogP contribution in [0.5, 0.6) is 0 Å². The number of hydrogen-bond donors (Lipinski definition) is 1. The van der Waals surface area contributed by atoms with Crippen LogP contribution in [0.3, 0.4) is 0 Å². The Kier molecular flexibility index (Phi) is 5.06. The molecule has 0 bridgehead atoms. The maximum absolute atomic E-state index is 16.0. The van der Waals surface area contributed by atoms with Crippen LogP contribution in [-0.4, -0.2) is 113 Å². The maximum atomic E-state index is 16.0. The van der Waals surface area contributed by atoms with Gasteiger partial charge in [-0.15, -0.1) is 0 Å². The van der Waals surface area contributed by atoms with Crippen molar-refractivity contribution < 1.29 is 57.0 Å². The van der Waals surface area contributed by atoms with Crippen LogP contribution in [0.25, 0.3) is 0 Å². The first-order chi connectivity index (χ1) is 24.7. The van der Waals surface area contributed by atoms with E-state index in [-0.39, 0.29) is 83.1 Å². The van der Waals surface area contributed by atoms with E-state index < -0.39 is 45.9 Å². The second kappa shape index (κ2) is 8.42. The summed E-state index contributed by atoms with van der Waals surface area (Å²) in [7, 11) is 0. The molecule has 0 amide bonds. The molecule has 4 spiro atoms. The van der Waals surface area contributed by atoms with Crippen LogP contribution in [-0.2, 0) is 47.5 Å². The van der Waals surface area contributed by atoms with Gasteiger partial charge in [0.05, 0.1) is 12.2 Å². The van der Waals surface area contributed by atoms with Gasteiger partial charge in [-0.2, -0.15) is 0 Å². The van der Waals surface area contributed by atoms with Crippen molar-refractivity contribution in [2.75, 3.05) is 13.2 Å². The highest BCUT2D eigenvalue weighted by molar-refractivity contribution is 5.93. The van der Waals surface area contributed by atoms with Crippen molar-refractivity contribution in [3.05, 3.63) is 22.3 Å². The molecule has 0 aromatic heterocycles. The Labute approximate surface area is 301 Å². The molecule has 10 fully saturated rings. The number of hydrogen-bond acceptors (Lipinski definition) is 11. The minimum Gasteiger partial charge on any atom is -0.458 e. The highest BCUT2D eigenvalue weighted by Gasteiger charge is 3.02. The molecule has 6 aliphatic carbocycles. The van der Waals surface area contributed by atoms with E-state index in [1.165, 1.54) is 0 Å². The van der Waals surface area contributed by atoms with Crippen molar-refractivity contribution in [1.29, 1.82) is 0 Å². The second-order valence-electron chi connectivity index (χ2n) is 19.8. The summed E-state index contributed by atoms with van der Waals surface area (Å²) >= 11 is 0. The number of aliphatic hydroxyl groups excluding tert-OH is 1. The second-order valence-corrected chi connectivity index (χ2v) is 19.8. The van der Waals surface area contributed by atoms with E-state index in [2.05, 4.69) is 27.7 Å². The molecule has 11 nitrogen and oxygen atoms in total. The lowest BCUT2D eigenvalue weighted by molar-refractivity contribution is -0.137. The van der Waals surface area contributed by atoms with Gasteiger partial charge in [-0.3, -0.25) is 0 Å². The highest BCUT2D eigenvalue weighted by atomic mass is 19.1. The average molecular weight is 723 g/mol. The maximum Gasteiger partial charge on any atom is 0.334 e. The molecule has 8 heterocycles. The van der Waals surface area contributed by atoms with Gasteiger partial charge >= 0.3 is 11.9 Å². The lowest BCUT2D eigenvalue weighted by Gasteiger charge is -2.53. The number of carbonyl (C=O) groups excluding carboxylic acids is 2. The van der Waals surface area contributed by atoms with Crippen molar-refractivity contribution in [3.8, 4) is 0 Å². The van der Waals surface area contributed by atoms with Gasteiger partial charge in [0.2, 0.25) is 0 Å². The molecule has 0 unspecified atom stereocenters. The minimum atomic E-state index is -1.15. The van der Waals surface area contributed by atoms with E-state index in [0.717, 1.165) is 54.4 Å². The van der Waals surface area contributed by atoms with E-state index in [0.29, 0.717) is 19.6 Å². The normalized spacial score (nSPS) is 63.1. The van der Waals surface area contributed by atoms with E-state index in [4.69, 9.17) is 37.9 Å². The summed E-state index contributed by atoms with van der Waals surface area (Å²) in [6.45, 7) is 13.6. The lowest BCUT2D eigenvalue weighted by atomic mass is 9.46. The first kappa shape index (κ1) is 31.3. The van der Waals surface area contributed by atoms with Crippen molar-refractivity contribution >= 4 is 11.9 Å². The van der Waals surface area contributed by atoms with Crippen LogP contribution in [0.15, 0.2) is 22.3 Å². The molecular formula is C40H47FO11. The Morgan fingerprint density at radius 1 is 0.654 bits per heavy atom. The highest BCUT2D eigenvalue weighted by Crippen LogP contribution is 2.85. The topological polar surface area (TPSA) is 148 Å². The summed E-state index contributed by atoms with van der Waals surface area (Å²) < 4.78 is 64.3. The van der Waals surface area contributed by atoms with Gasteiger partial charge in [0.1, 0.15) is 66.1 Å².